The number of nitrogens with zero attached hydrogens (tertiary/aromatic N) is 3. The largest absolute Gasteiger partial charge is 0.445 e. The van der Waals surface area contributed by atoms with E-state index in [2.05, 4.69) is 9.97 Å². The molecule has 0 aliphatic rings. The highest BCUT2D eigenvalue weighted by molar-refractivity contribution is 5.31. The molecule has 24 heavy (non-hydrogen) atoms. The Balaban J connectivity index is 1.98. The molecule has 0 saturated carbocycles. The van der Waals surface area contributed by atoms with Crippen molar-refractivity contribution >= 4 is 0 Å². The number of aryl methyl sites for hydroxylation is 1. The number of hydrogen-bond acceptors (Lipinski definition) is 4. The van der Waals surface area contributed by atoms with Gasteiger partial charge >= 0.3 is 0 Å². The number of benzene rings is 1. The van der Waals surface area contributed by atoms with E-state index in [1.54, 1.807) is 24.7 Å². The van der Waals surface area contributed by atoms with Gasteiger partial charge in [0.1, 0.15) is 17.4 Å². The minimum atomic E-state index is -0.604. The van der Waals surface area contributed by atoms with Gasteiger partial charge in [-0.1, -0.05) is 12.1 Å². The zero-order chi connectivity index (χ0) is 17.1. The van der Waals surface area contributed by atoms with Gasteiger partial charge in [-0.15, -0.1) is 0 Å². The smallest absolute Gasteiger partial charge is 0.208 e. The van der Waals surface area contributed by atoms with E-state index in [9.17, 15) is 8.78 Å². The fourth-order valence-corrected chi connectivity index (χ4v) is 2.71. The van der Waals surface area contributed by atoms with Gasteiger partial charge in [-0.05, 0) is 31.7 Å². The Morgan fingerprint density at radius 3 is 2.67 bits per heavy atom. The lowest BCUT2D eigenvalue weighted by Crippen LogP contribution is -2.26. The number of aromatic nitrogens is 2. The van der Waals surface area contributed by atoms with E-state index in [1.165, 1.54) is 12.1 Å². The second-order valence-electron chi connectivity index (χ2n) is 5.63. The van der Waals surface area contributed by atoms with Crippen LogP contribution in [0, 0.1) is 18.6 Å². The summed E-state index contributed by atoms with van der Waals surface area (Å²) < 4.78 is 33.1. The lowest BCUT2D eigenvalue weighted by atomic mass is 9.98. The quantitative estimate of drug-likeness (QED) is 0.712. The molecule has 0 fully saturated rings. The average Bonchev–Trinajstić information content (AvgIpc) is 2.96. The number of halogens is 2. The standard InChI is InChI=1S/C18H17F2N3O/c1-12-9-22-17(24-12)11-23(2)18(13-4-3-7-21-10-13)15-6-5-14(19)8-16(15)20/h3-10,18H,11H2,1-2H3/t18-/m1/s1. The summed E-state index contributed by atoms with van der Waals surface area (Å²) >= 11 is 0. The van der Waals surface area contributed by atoms with Gasteiger partial charge in [-0.3, -0.25) is 9.88 Å². The first kappa shape index (κ1) is 16.3. The molecule has 0 N–H and O–H groups in total. The average molecular weight is 329 g/mol. The summed E-state index contributed by atoms with van der Waals surface area (Å²) in [5.74, 6) is 0.0437. The Bertz CT molecular complexity index is 820. The molecule has 124 valence electrons. The van der Waals surface area contributed by atoms with Gasteiger partial charge in [0.25, 0.3) is 0 Å². The Labute approximate surface area is 138 Å². The van der Waals surface area contributed by atoms with Gasteiger partial charge in [0.05, 0.1) is 18.8 Å². The van der Waals surface area contributed by atoms with Crippen LogP contribution in [0.5, 0.6) is 0 Å². The summed E-state index contributed by atoms with van der Waals surface area (Å²) in [5, 5.41) is 0. The molecule has 6 heteroatoms. The van der Waals surface area contributed by atoms with E-state index in [1.807, 2.05) is 24.9 Å². The van der Waals surface area contributed by atoms with Crippen LogP contribution in [0.25, 0.3) is 0 Å². The molecule has 3 rings (SSSR count). The Morgan fingerprint density at radius 2 is 2.04 bits per heavy atom. The first-order valence-electron chi connectivity index (χ1n) is 7.51. The maximum absolute atomic E-state index is 14.4. The van der Waals surface area contributed by atoms with Crippen LogP contribution in [0.1, 0.15) is 28.8 Å². The van der Waals surface area contributed by atoms with Crippen molar-refractivity contribution in [3.63, 3.8) is 0 Å². The second-order valence-corrected chi connectivity index (χ2v) is 5.63. The molecule has 0 spiro atoms. The normalized spacial score (nSPS) is 12.5. The van der Waals surface area contributed by atoms with Gasteiger partial charge in [-0.2, -0.15) is 0 Å². The number of oxazole rings is 1. The fraction of sp³-hybridized carbons (Fsp3) is 0.222. The van der Waals surface area contributed by atoms with E-state index in [0.29, 0.717) is 23.8 Å². The van der Waals surface area contributed by atoms with Crippen LogP contribution in [0.2, 0.25) is 0 Å². The molecule has 0 aliphatic heterocycles. The summed E-state index contributed by atoms with van der Waals surface area (Å²) in [7, 11) is 1.83. The highest BCUT2D eigenvalue weighted by Gasteiger charge is 2.24. The second kappa shape index (κ2) is 6.88. The van der Waals surface area contributed by atoms with Crippen LogP contribution in [0.15, 0.2) is 53.3 Å². The van der Waals surface area contributed by atoms with Gasteiger partial charge in [0.2, 0.25) is 5.89 Å². The molecule has 0 aliphatic carbocycles. The molecule has 2 heterocycles. The van der Waals surface area contributed by atoms with E-state index in [4.69, 9.17) is 4.42 Å². The molecule has 3 aromatic rings. The van der Waals surface area contributed by atoms with Crippen LogP contribution in [0.4, 0.5) is 8.78 Å². The zero-order valence-corrected chi connectivity index (χ0v) is 13.4. The first-order chi connectivity index (χ1) is 11.5. The van der Waals surface area contributed by atoms with E-state index < -0.39 is 17.7 Å². The molecule has 4 nitrogen and oxygen atoms in total. The van der Waals surface area contributed by atoms with Crippen molar-refractivity contribution in [2.24, 2.45) is 0 Å². The molecule has 0 amide bonds. The van der Waals surface area contributed by atoms with Crippen LogP contribution in [-0.4, -0.2) is 21.9 Å². The molecule has 0 saturated heterocycles. The maximum atomic E-state index is 14.4. The van der Waals surface area contributed by atoms with E-state index in [-0.39, 0.29) is 0 Å². The SMILES string of the molecule is Cc1cnc(CN(C)[C@H](c2cccnc2)c2ccc(F)cc2F)o1. The van der Waals surface area contributed by atoms with Crippen molar-refractivity contribution in [2.75, 3.05) is 7.05 Å². The maximum Gasteiger partial charge on any atom is 0.208 e. The van der Waals surface area contributed by atoms with Crippen molar-refractivity contribution in [1.29, 1.82) is 0 Å². The lowest BCUT2D eigenvalue weighted by Gasteiger charge is -2.28. The third-order valence-corrected chi connectivity index (χ3v) is 3.75. The predicted molar refractivity (Wildman–Crippen MR) is 85.1 cm³/mol. The predicted octanol–water partition coefficient (Wildman–Crippen LogP) is 3.88. The number of hydrogen-bond donors (Lipinski definition) is 0. The molecule has 0 radical (unpaired) electrons. The summed E-state index contributed by atoms with van der Waals surface area (Å²) in [5.41, 5.74) is 1.17. The molecular weight excluding hydrogens is 312 g/mol. The fourth-order valence-electron chi connectivity index (χ4n) is 2.71. The van der Waals surface area contributed by atoms with Gasteiger partial charge in [-0.25, -0.2) is 13.8 Å². The van der Waals surface area contributed by atoms with Crippen LogP contribution in [0.3, 0.4) is 0 Å². The Morgan fingerprint density at radius 1 is 1.21 bits per heavy atom. The van der Waals surface area contributed by atoms with Crippen LogP contribution < -0.4 is 0 Å². The Hall–Kier alpha value is -2.60. The zero-order valence-electron chi connectivity index (χ0n) is 13.4. The molecule has 0 unspecified atom stereocenters. The first-order valence-corrected chi connectivity index (χ1v) is 7.51. The van der Waals surface area contributed by atoms with E-state index in [0.717, 1.165) is 11.6 Å². The summed E-state index contributed by atoms with van der Waals surface area (Å²) in [6.45, 7) is 2.19. The lowest BCUT2D eigenvalue weighted by molar-refractivity contribution is 0.236. The molecule has 1 aromatic carbocycles. The topological polar surface area (TPSA) is 42.2 Å². The third-order valence-electron chi connectivity index (χ3n) is 3.75. The number of rotatable bonds is 5. The van der Waals surface area contributed by atoms with Crippen molar-refractivity contribution in [1.82, 2.24) is 14.9 Å². The molecule has 1 atom stereocenters. The summed E-state index contributed by atoms with van der Waals surface area (Å²) in [6, 6.07) is 6.81. The summed E-state index contributed by atoms with van der Waals surface area (Å²) in [4.78, 5) is 10.2. The van der Waals surface area contributed by atoms with Crippen molar-refractivity contribution in [3.8, 4) is 0 Å². The monoisotopic (exact) mass is 329 g/mol. The van der Waals surface area contributed by atoms with Gasteiger partial charge in [0, 0.05) is 24.0 Å². The van der Waals surface area contributed by atoms with Crippen LogP contribution in [-0.2, 0) is 6.54 Å². The van der Waals surface area contributed by atoms with Crippen molar-refractivity contribution in [2.45, 2.75) is 19.5 Å². The van der Waals surface area contributed by atoms with Crippen LogP contribution >= 0.6 is 0 Å². The highest BCUT2D eigenvalue weighted by atomic mass is 19.1. The third kappa shape index (κ3) is 3.49. The summed E-state index contributed by atoms with van der Waals surface area (Å²) in [6.07, 6.45) is 4.96. The number of pyridine rings is 1. The minimum absolute atomic E-state index is 0.371. The van der Waals surface area contributed by atoms with Crippen molar-refractivity contribution < 1.29 is 13.2 Å². The molecule has 2 aromatic heterocycles. The van der Waals surface area contributed by atoms with Crippen molar-refractivity contribution in [3.05, 3.63) is 83.3 Å². The minimum Gasteiger partial charge on any atom is -0.445 e. The molecular formula is C18H17F2N3O. The molecule has 0 bridgehead atoms. The Kier molecular flexibility index (Phi) is 4.66. The van der Waals surface area contributed by atoms with Gasteiger partial charge in [0.15, 0.2) is 0 Å². The van der Waals surface area contributed by atoms with Gasteiger partial charge < -0.3 is 4.42 Å². The highest BCUT2D eigenvalue weighted by Crippen LogP contribution is 2.30. The van der Waals surface area contributed by atoms with E-state index >= 15 is 0 Å².